The number of fused-ring (bicyclic) bond motifs is 1. The highest BCUT2D eigenvalue weighted by Crippen LogP contribution is 2.21. The summed E-state index contributed by atoms with van der Waals surface area (Å²) in [6, 6.07) is 7.55. The highest BCUT2D eigenvalue weighted by atomic mass is 79.9. The van der Waals surface area contributed by atoms with Gasteiger partial charge in [0.25, 0.3) is 0 Å². The van der Waals surface area contributed by atoms with Gasteiger partial charge in [0.2, 0.25) is 0 Å². The lowest BCUT2D eigenvalue weighted by atomic mass is 10.1. The van der Waals surface area contributed by atoms with Crippen LogP contribution >= 0.6 is 15.9 Å². The van der Waals surface area contributed by atoms with Crippen molar-refractivity contribution >= 4 is 32.7 Å². The van der Waals surface area contributed by atoms with Crippen molar-refractivity contribution in [1.29, 1.82) is 0 Å². The van der Waals surface area contributed by atoms with Crippen LogP contribution in [0.25, 0.3) is 10.8 Å². The second kappa shape index (κ2) is 4.61. The largest absolute Gasteiger partial charge is 0.461 e. The zero-order valence-electron chi connectivity index (χ0n) is 8.74. The van der Waals surface area contributed by atoms with E-state index in [1.54, 1.807) is 13.1 Å². The van der Waals surface area contributed by atoms with Gasteiger partial charge in [-0.3, -0.25) is 0 Å². The molecule has 0 radical (unpaired) electrons. The molecule has 0 saturated heterocycles. The third-order valence-corrected chi connectivity index (χ3v) is 2.69. The Balaban J connectivity index is 2.58. The average molecular weight is 280 g/mol. The first-order valence-corrected chi connectivity index (χ1v) is 5.73. The molecule has 3 nitrogen and oxygen atoms in total. The maximum absolute atomic E-state index is 11.6. The van der Waals surface area contributed by atoms with Gasteiger partial charge >= 0.3 is 5.97 Å². The Morgan fingerprint density at radius 1 is 1.44 bits per heavy atom. The Bertz CT molecular complexity index is 540. The highest BCUT2D eigenvalue weighted by molar-refractivity contribution is 9.10. The molecule has 82 valence electrons. The van der Waals surface area contributed by atoms with Gasteiger partial charge in [-0.15, -0.1) is 0 Å². The molecule has 0 saturated carbocycles. The van der Waals surface area contributed by atoms with E-state index in [1.165, 1.54) is 0 Å². The lowest BCUT2D eigenvalue weighted by Crippen LogP contribution is -2.07. The van der Waals surface area contributed by atoms with Crippen molar-refractivity contribution in [2.24, 2.45) is 0 Å². The summed E-state index contributed by atoms with van der Waals surface area (Å²) < 4.78 is 5.93. The van der Waals surface area contributed by atoms with Crippen LogP contribution in [0.1, 0.15) is 17.4 Å². The number of carbonyl (C=O) groups excluding carboxylic acids is 1. The number of carbonyl (C=O) groups is 1. The van der Waals surface area contributed by atoms with Crippen LogP contribution in [-0.4, -0.2) is 17.6 Å². The minimum atomic E-state index is -0.379. The molecule has 0 aliphatic carbocycles. The van der Waals surface area contributed by atoms with E-state index in [-0.39, 0.29) is 5.97 Å². The molecule has 16 heavy (non-hydrogen) atoms. The lowest BCUT2D eigenvalue weighted by molar-refractivity contribution is 0.0522. The Labute approximate surface area is 102 Å². The Morgan fingerprint density at radius 3 is 3.00 bits per heavy atom. The molecule has 0 N–H and O–H groups in total. The van der Waals surface area contributed by atoms with Gasteiger partial charge in [0.1, 0.15) is 0 Å². The molecule has 4 heteroatoms. The van der Waals surface area contributed by atoms with Gasteiger partial charge in [0.05, 0.1) is 6.61 Å². The first kappa shape index (κ1) is 11.1. The summed E-state index contributed by atoms with van der Waals surface area (Å²) in [4.78, 5) is 15.7. The van der Waals surface area contributed by atoms with Crippen molar-refractivity contribution in [2.75, 3.05) is 6.61 Å². The minimum absolute atomic E-state index is 0.355. The van der Waals surface area contributed by atoms with E-state index < -0.39 is 0 Å². The maximum atomic E-state index is 11.6. The Morgan fingerprint density at radius 2 is 2.25 bits per heavy atom. The van der Waals surface area contributed by atoms with Crippen LogP contribution in [0.4, 0.5) is 0 Å². The Hall–Kier alpha value is -1.42. The van der Waals surface area contributed by atoms with E-state index in [0.717, 1.165) is 15.2 Å². The second-order valence-electron chi connectivity index (χ2n) is 3.25. The number of halogens is 1. The molecule has 0 aliphatic heterocycles. The predicted octanol–water partition coefficient (Wildman–Crippen LogP) is 3.17. The number of benzene rings is 1. The summed E-state index contributed by atoms with van der Waals surface area (Å²) in [7, 11) is 0. The number of rotatable bonds is 2. The summed E-state index contributed by atoms with van der Waals surface area (Å²) in [6.45, 7) is 2.13. The van der Waals surface area contributed by atoms with Crippen molar-refractivity contribution in [3.05, 3.63) is 40.6 Å². The van der Waals surface area contributed by atoms with E-state index in [1.807, 2.05) is 24.3 Å². The first-order valence-electron chi connectivity index (χ1n) is 4.93. The van der Waals surface area contributed by atoms with E-state index in [2.05, 4.69) is 20.9 Å². The lowest BCUT2D eigenvalue weighted by Gasteiger charge is -2.05. The number of pyridine rings is 1. The van der Waals surface area contributed by atoms with Gasteiger partial charge in [-0.05, 0) is 30.5 Å². The van der Waals surface area contributed by atoms with Gasteiger partial charge in [0, 0.05) is 16.1 Å². The van der Waals surface area contributed by atoms with Crippen LogP contribution in [0.3, 0.4) is 0 Å². The van der Waals surface area contributed by atoms with Crippen LogP contribution in [0.2, 0.25) is 0 Å². The number of hydrogen-bond acceptors (Lipinski definition) is 3. The number of hydrogen-bond donors (Lipinski definition) is 0. The van der Waals surface area contributed by atoms with Gasteiger partial charge in [-0.25, -0.2) is 9.78 Å². The normalized spacial score (nSPS) is 10.4. The summed E-state index contributed by atoms with van der Waals surface area (Å²) >= 11 is 3.39. The fraction of sp³-hybridized carbons (Fsp3) is 0.167. The fourth-order valence-electron chi connectivity index (χ4n) is 1.51. The van der Waals surface area contributed by atoms with Gasteiger partial charge < -0.3 is 4.74 Å². The quantitative estimate of drug-likeness (QED) is 0.793. The van der Waals surface area contributed by atoms with Crippen molar-refractivity contribution in [2.45, 2.75) is 6.92 Å². The monoisotopic (exact) mass is 279 g/mol. The molecule has 0 fully saturated rings. The smallest absolute Gasteiger partial charge is 0.357 e. The zero-order chi connectivity index (χ0) is 11.5. The van der Waals surface area contributed by atoms with Crippen molar-refractivity contribution in [3.8, 4) is 0 Å². The summed E-state index contributed by atoms with van der Waals surface area (Å²) in [5.74, 6) is -0.379. The maximum Gasteiger partial charge on any atom is 0.357 e. The van der Waals surface area contributed by atoms with Crippen LogP contribution in [0.5, 0.6) is 0 Å². The van der Waals surface area contributed by atoms with Gasteiger partial charge in [-0.1, -0.05) is 22.0 Å². The molecule has 0 amide bonds. The number of ether oxygens (including phenoxy) is 1. The molecule has 1 aromatic heterocycles. The molecule has 0 atom stereocenters. The SMILES string of the molecule is CCOC(=O)c1nccc2cc(Br)ccc12. The molecular weight excluding hydrogens is 270 g/mol. The van der Waals surface area contributed by atoms with E-state index >= 15 is 0 Å². The Kier molecular flexibility index (Phi) is 3.19. The molecule has 1 aromatic carbocycles. The highest BCUT2D eigenvalue weighted by Gasteiger charge is 2.12. The number of aromatic nitrogens is 1. The summed E-state index contributed by atoms with van der Waals surface area (Å²) in [6.07, 6.45) is 1.61. The predicted molar refractivity (Wildman–Crippen MR) is 65.4 cm³/mol. The minimum Gasteiger partial charge on any atom is -0.461 e. The van der Waals surface area contributed by atoms with E-state index in [4.69, 9.17) is 4.74 Å². The van der Waals surface area contributed by atoms with Gasteiger partial charge in [-0.2, -0.15) is 0 Å². The standard InChI is InChI=1S/C12H10BrNO2/c1-2-16-12(15)11-10-4-3-9(13)7-8(10)5-6-14-11/h3-7H,2H2,1H3. The van der Waals surface area contributed by atoms with Gasteiger partial charge in [0.15, 0.2) is 5.69 Å². The van der Waals surface area contributed by atoms with E-state index in [9.17, 15) is 4.79 Å². The topological polar surface area (TPSA) is 39.2 Å². The molecule has 0 spiro atoms. The van der Waals surface area contributed by atoms with Crippen LogP contribution in [0, 0.1) is 0 Å². The molecular formula is C12H10BrNO2. The average Bonchev–Trinajstić information content (AvgIpc) is 2.28. The van der Waals surface area contributed by atoms with Crippen LogP contribution in [-0.2, 0) is 4.74 Å². The van der Waals surface area contributed by atoms with Crippen molar-refractivity contribution in [1.82, 2.24) is 4.98 Å². The fourth-order valence-corrected chi connectivity index (χ4v) is 1.89. The zero-order valence-corrected chi connectivity index (χ0v) is 10.3. The molecule has 0 unspecified atom stereocenters. The molecule has 0 aliphatic rings. The third-order valence-electron chi connectivity index (χ3n) is 2.20. The number of esters is 1. The van der Waals surface area contributed by atoms with Crippen LogP contribution in [0.15, 0.2) is 34.9 Å². The number of nitrogens with zero attached hydrogens (tertiary/aromatic N) is 1. The van der Waals surface area contributed by atoms with Crippen molar-refractivity contribution in [3.63, 3.8) is 0 Å². The van der Waals surface area contributed by atoms with Crippen molar-refractivity contribution < 1.29 is 9.53 Å². The molecule has 2 rings (SSSR count). The molecule has 1 heterocycles. The van der Waals surface area contributed by atoms with E-state index in [0.29, 0.717) is 12.3 Å². The second-order valence-corrected chi connectivity index (χ2v) is 4.16. The third kappa shape index (κ3) is 2.07. The summed E-state index contributed by atoms with van der Waals surface area (Å²) in [5, 5.41) is 1.77. The molecule has 2 aromatic rings. The summed E-state index contributed by atoms with van der Waals surface area (Å²) in [5.41, 5.74) is 0.367. The molecule has 0 bridgehead atoms. The first-order chi connectivity index (χ1) is 7.72. The van der Waals surface area contributed by atoms with Crippen LogP contribution < -0.4 is 0 Å².